The van der Waals surface area contributed by atoms with Crippen molar-refractivity contribution in [2.45, 2.75) is 25.4 Å². The van der Waals surface area contributed by atoms with Crippen LogP contribution in [-0.2, 0) is 6.54 Å². The minimum absolute atomic E-state index is 0.00891. The van der Waals surface area contributed by atoms with Gasteiger partial charge in [0, 0.05) is 12.1 Å². The number of ether oxygens (including phenoxy) is 2. The summed E-state index contributed by atoms with van der Waals surface area (Å²) in [5.74, 6) is 2.10. The van der Waals surface area contributed by atoms with Crippen molar-refractivity contribution in [3.05, 3.63) is 47.4 Å². The van der Waals surface area contributed by atoms with E-state index in [1.54, 1.807) is 6.07 Å². The van der Waals surface area contributed by atoms with Crippen LogP contribution in [0.15, 0.2) is 34.9 Å². The summed E-state index contributed by atoms with van der Waals surface area (Å²) in [4.78, 5) is 14.8. The smallest absolute Gasteiger partial charge is 0.257 e. The van der Waals surface area contributed by atoms with Gasteiger partial charge >= 0.3 is 0 Å². The Kier molecular flexibility index (Phi) is 3.90. The first kappa shape index (κ1) is 15.1. The fourth-order valence-corrected chi connectivity index (χ4v) is 3.46. The molecule has 0 radical (unpaired) electrons. The molecule has 3 heterocycles. The Bertz CT molecular complexity index is 755. The average molecular weight is 328 g/mol. The predicted octanol–water partition coefficient (Wildman–Crippen LogP) is 2.49. The molecule has 1 aromatic carbocycles. The molecule has 1 saturated heterocycles. The monoisotopic (exact) mass is 328 g/mol. The van der Waals surface area contributed by atoms with Crippen LogP contribution in [0.4, 0.5) is 0 Å². The van der Waals surface area contributed by atoms with Crippen molar-refractivity contribution in [2.75, 3.05) is 19.8 Å². The van der Waals surface area contributed by atoms with E-state index in [0.717, 1.165) is 36.4 Å². The largest absolute Gasteiger partial charge is 0.486 e. The molecular weight excluding hydrogens is 308 g/mol. The average Bonchev–Trinajstić information content (AvgIpc) is 3.30. The van der Waals surface area contributed by atoms with Gasteiger partial charge in [-0.05, 0) is 25.0 Å². The highest BCUT2D eigenvalue weighted by Gasteiger charge is 2.34. The Hall–Kier alpha value is -2.47. The van der Waals surface area contributed by atoms with Gasteiger partial charge in [-0.3, -0.25) is 4.79 Å². The van der Waals surface area contributed by atoms with E-state index in [4.69, 9.17) is 19.6 Å². The number of fused-ring (bicyclic) bond motifs is 1. The van der Waals surface area contributed by atoms with Crippen molar-refractivity contribution in [1.29, 1.82) is 0 Å². The molecule has 0 bridgehead atoms. The van der Waals surface area contributed by atoms with E-state index in [-0.39, 0.29) is 18.5 Å². The van der Waals surface area contributed by atoms with Crippen molar-refractivity contribution < 1.29 is 18.7 Å². The van der Waals surface area contributed by atoms with Crippen LogP contribution in [0.1, 0.15) is 40.6 Å². The fraction of sp³-hybridized carbons (Fsp3) is 0.389. The molecule has 0 spiro atoms. The molecule has 1 fully saturated rings. The summed E-state index contributed by atoms with van der Waals surface area (Å²) in [6, 6.07) is 7.59. The Morgan fingerprint density at radius 2 is 2.17 bits per heavy atom. The van der Waals surface area contributed by atoms with E-state index >= 15 is 0 Å². The van der Waals surface area contributed by atoms with E-state index in [2.05, 4.69) is 0 Å². The highest BCUT2D eigenvalue weighted by Crippen LogP contribution is 2.43. The highest BCUT2D eigenvalue weighted by molar-refractivity contribution is 5.94. The number of rotatable bonds is 3. The molecule has 4 rings (SSSR count). The standard InChI is InChI=1S/C18H20N2O4/c19-10-13-9-12(11-24-13)18(21)20-6-2-4-15(20)14-3-1-5-16-17(14)23-8-7-22-16/h1,3,5,9,11,15H,2,4,6-8,10,19H2. The van der Waals surface area contributed by atoms with Gasteiger partial charge in [0.1, 0.15) is 25.2 Å². The number of likely N-dealkylation sites (tertiary alicyclic amines) is 1. The van der Waals surface area contributed by atoms with Gasteiger partial charge in [0.15, 0.2) is 11.5 Å². The summed E-state index contributed by atoms with van der Waals surface area (Å²) in [6.45, 7) is 2.10. The van der Waals surface area contributed by atoms with E-state index in [9.17, 15) is 4.79 Å². The highest BCUT2D eigenvalue weighted by atomic mass is 16.6. The Balaban J connectivity index is 1.64. The second kappa shape index (κ2) is 6.20. The van der Waals surface area contributed by atoms with Gasteiger partial charge in [-0.25, -0.2) is 0 Å². The van der Waals surface area contributed by atoms with E-state index in [1.807, 2.05) is 23.1 Å². The maximum Gasteiger partial charge on any atom is 0.257 e. The van der Waals surface area contributed by atoms with E-state index in [0.29, 0.717) is 24.5 Å². The molecule has 1 amide bonds. The minimum Gasteiger partial charge on any atom is -0.486 e. The van der Waals surface area contributed by atoms with Gasteiger partial charge in [-0.15, -0.1) is 0 Å². The third-order valence-corrected chi connectivity index (χ3v) is 4.57. The van der Waals surface area contributed by atoms with Gasteiger partial charge in [-0.1, -0.05) is 12.1 Å². The third kappa shape index (κ3) is 2.53. The van der Waals surface area contributed by atoms with Crippen molar-refractivity contribution >= 4 is 5.91 Å². The van der Waals surface area contributed by atoms with Crippen LogP contribution in [0.2, 0.25) is 0 Å². The van der Waals surface area contributed by atoms with Crippen LogP contribution in [-0.4, -0.2) is 30.6 Å². The Morgan fingerprint density at radius 3 is 3.00 bits per heavy atom. The molecular formula is C18H20N2O4. The fourth-order valence-electron chi connectivity index (χ4n) is 3.46. The number of amides is 1. The third-order valence-electron chi connectivity index (χ3n) is 4.57. The summed E-state index contributed by atoms with van der Waals surface area (Å²) in [5.41, 5.74) is 7.12. The maximum atomic E-state index is 12.9. The van der Waals surface area contributed by atoms with Crippen LogP contribution >= 0.6 is 0 Å². The molecule has 24 heavy (non-hydrogen) atoms. The number of carbonyl (C=O) groups is 1. The normalized spacial score (nSPS) is 19.5. The second-order valence-corrected chi connectivity index (χ2v) is 6.03. The van der Waals surface area contributed by atoms with Crippen LogP contribution in [0.3, 0.4) is 0 Å². The molecule has 6 nitrogen and oxygen atoms in total. The second-order valence-electron chi connectivity index (χ2n) is 6.03. The lowest BCUT2D eigenvalue weighted by Gasteiger charge is -2.28. The number of furan rings is 1. The molecule has 0 saturated carbocycles. The number of nitrogens with two attached hydrogens (primary N) is 1. The van der Waals surface area contributed by atoms with Crippen LogP contribution in [0, 0.1) is 0 Å². The van der Waals surface area contributed by atoms with E-state index < -0.39 is 0 Å². The summed E-state index contributed by atoms with van der Waals surface area (Å²) in [7, 11) is 0. The summed E-state index contributed by atoms with van der Waals surface area (Å²) < 4.78 is 16.8. The lowest BCUT2D eigenvalue weighted by atomic mass is 10.0. The van der Waals surface area contributed by atoms with Crippen molar-refractivity contribution in [1.82, 2.24) is 4.90 Å². The van der Waals surface area contributed by atoms with Gasteiger partial charge in [-0.2, -0.15) is 0 Å². The van der Waals surface area contributed by atoms with Gasteiger partial charge in [0.25, 0.3) is 5.91 Å². The predicted molar refractivity (Wildman–Crippen MR) is 87.0 cm³/mol. The lowest BCUT2D eigenvalue weighted by Crippen LogP contribution is -2.31. The topological polar surface area (TPSA) is 77.9 Å². The molecule has 1 aromatic heterocycles. The zero-order chi connectivity index (χ0) is 16.5. The van der Waals surface area contributed by atoms with Crippen LogP contribution < -0.4 is 15.2 Å². The molecule has 126 valence electrons. The number of nitrogens with zero attached hydrogens (tertiary/aromatic N) is 1. The van der Waals surface area contributed by atoms with Gasteiger partial charge in [0.05, 0.1) is 18.2 Å². The van der Waals surface area contributed by atoms with Gasteiger partial charge < -0.3 is 24.5 Å². The van der Waals surface area contributed by atoms with Crippen molar-refractivity contribution in [2.24, 2.45) is 5.73 Å². The number of benzene rings is 1. The first-order valence-corrected chi connectivity index (χ1v) is 8.25. The summed E-state index contributed by atoms with van der Waals surface area (Å²) in [6.07, 6.45) is 3.36. The molecule has 6 heteroatoms. The van der Waals surface area contributed by atoms with E-state index in [1.165, 1.54) is 6.26 Å². The van der Waals surface area contributed by atoms with Gasteiger partial charge in [0.2, 0.25) is 0 Å². The first-order chi connectivity index (χ1) is 11.8. The molecule has 1 atom stereocenters. The maximum absolute atomic E-state index is 12.9. The molecule has 2 aliphatic rings. The Morgan fingerprint density at radius 1 is 1.29 bits per heavy atom. The SMILES string of the molecule is NCc1cc(C(=O)N2CCCC2c2cccc3c2OCCO3)co1. The quantitative estimate of drug-likeness (QED) is 0.936. The molecule has 2 N–H and O–H groups in total. The number of para-hydroxylation sites is 1. The summed E-state index contributed by atoms with van der Waals surface area (Å²) in [5, 5.41) is 0. The molecule has 2 aliphatic heterocycles. The van der Waals surface area contributed by atoms with Crippen molar-refractivity contribution in [3.8, 4) is 11.5 Å². The number of hydrogen-bond acceptors (Lipinski definition) is 5. The van der Waals surface area contributed by atoms with Crippen LogP contribution in [0.5, 0.6) is 11.5 Å². The molecule has 1 unspecified atom stereocenters. The number of hydrogen-bond donors (Lipinski definition) is 1. The Labute approximate surface area is 140 Å². The zero-order valence-electron chi connectivity index (χ0n) is 13.4. The number of carbonyl (C=O) groups excluding carboxylic acids is 1. The van der Waals surface area contributed by atoms with Crippen LogP contribution in [0.25, 0.3) is 0 Å². The molecule has 2 aromatic rings. The minimum atomic E-state index is -0.0321. The molecule has 0 aliphatic carbocycles. The zero-order valence-corrected chi connectivity index (χ0v) is 13.4. The lowest BCUT2D eigenvalue weighted by molar-refractivity contribution is 0.0730. The summed E-state index contributed by atoms with van der Waals surface area (Å²) >= 11 is 0. The first-order valence-electron chi connectivity index (χ1n) is 8.25. The van der Waals surface area contributed by atoms with Crippen molar-refractivity contribution in [3.63, 3.8) is 0 Å².